The van der Waals surface area contributed by atoms with E-state index in [1.807, 2.05) is 22.4 Å². The van der Waals surface area contributed by atoms with E-state index in [4.69, 9.17) is 5.11 Å². The molecule has 0 bridgehead atoms. The van der Waals surface area contributed by atoms with E-state index in [0.717, 1.165) is 24.1 Å². The zero-order chi connectivity index (χ0) is 18.0. The third-order valence-electron chi connectivity index (χ3n) is 4.63. The molecule has 2 aromatic heterocycles. The lowest BCUT2D eigenvalue weighted by Crippen LogP contribution is -2.37. The summed E-state index contributed by atoms with van der Waals surface area (Å²) in [6.07, 6.45) is 1.66. The molecule has 1 amide bonds. The number of carbonyl (C=O) groups excluding carboxylic acids is 1. The molecule has 0 spiro atoms. The van der Waals surface area contributed by atoms with E-state index in [-0.39, 0.29) is 18.2 Å². The molecule has 1 aliphatic rings. The fourth-order valence-electron chi connectivity index (χ4n) is 3.17. The predicted molar refractivity (Wildman–Crippen MR) is 96.2 cm³/mol. The fourth-order valence-corrected chi connectivity index (χ4v) is 4.07. The lowest BCUT2D eigenvalue weighted by Gasteiger charge is -2.31. The summed E-state index contributed by atoms with van der Waals surface area (Å²) in [5, 5.41) is 17.8. The van der Waals surface area contributed by atoms with Crippen molar-refractivity contribution in [2.75, 3.05) is 13.1 Å². The number of piperidine rings is 1. The SMILES string of the molecule is CC(C)c1cc(C(=O)N2CCC(c3cc(CC(=O)O)[nH]n3)CC2)cs1. The fraction of sp³-hybridized carbons (Fsp3) is 0.500. The topological polar surface area (TPSA) is 86.3 Å². The van der Waals surface area contributed by atoms with Crippen molar-refractivity contribution in [1.82, 2.24) is 15.1 Å². The third-order valence-corrected chi connectivity index (χ3v) is 5.86. The van der Waals surface area contributed by atoms with Crippen LogP contribution in [0.4, 0.5) is 0 Å². The van der Waals surface area contributed by atoms with Crippen LogP contribution < -0.4 is 0 Å². The molecule has 25 heavy (non-hydrogen) atoms. The Morgan fingerprint density at radius 3 is 2.68 bits per heavy atom. The summed E-state index contributed by atoms with van der Waals surface area (Å²) >= 11 is 1.65. The number of amides is 1. The van der Waals surface area contributed by atoms with Crippen LogP contribution in [0.5, 0.6) is 0 Å². The number of carboxylic acid groups (broad SMARTS) is 1. The molecule has 2 N–H and O–H groups in total. The first kappa shape index (κ1) is 17.7. The number of hydrogen-bond acceptors (Lipinski definition) is 4. The second-order valence-corrected chi connectivity index (χ2v) is 7.79. The molecule has 1 fully saturated rings. The second kappa shape index (κ2) is 7.39. The van der Waals surface area contributed by atoms with Crippen molar-refractivity contribution in [2.24, 2.45) is 0 Å². The first-order valence-electron chi connectivity index (χ1n) is 8.57. The van der Waals surface area contributed by atoms with Gasteiger partial charge in [-0.05, 0) is 30.9 Å². The standard InChI is InChI=1S/C18H23N3O3S/c1-11(2)16-7-13(10-25-16)18(24)21-5-3-12(4-6-21)15-8-14(19-20-15)9-17(22)23/h7-8,10-12H,3-6,9H2,1-2H3,(H,19,20)(H,22,23). The van der Waals surface area contributed by atoms with Crippen molar-refractivity contribution in [2.45, 2.75) is 44.9 Å². The summed E-state index contributed by atoms with van der Waals surface area (Å²) in [6.45, 7) is 5.68. The van der Waals surface area contributed by atoms with Crippen molar-refractivity contribution in [3.8, 4) is 0 Å². The molecule has 0 radical (unpaired) electrons. The maximum atomic E-state index is 12.6. The van der Waals surface area contributed by atoms with Gasteiger partial charge in [-0.3, -0.25) is 14.7 Å². The zero-order valence-corrected chi connectivity index (χ0v) is 15.3. The molecule has 3 rings (SSSR count). The van der Waals surface area contributed by atoms with E-state index < -0.39 is 5.97 Å². The highest BCUT2D eigenvalue weighted by atomic mass is 32.1. The molecule has 1 aliphatic heterocycles. The summed E-state index contributed by atoms with van der Waals surface area (Å²) in [4.78, 5) is 26.6. The monoisotopic (exact) mass is 361 g/mol. The number of thiophene rings is 1. The summed E-state index contributed by atoms with van der Waals surface area (Å²) in [6, 6.07) is 3.85. The number of aliphatic carboxylic acids is 1. The average Bonchev–Trinajstić information content (AvgIpc) is 3.23. The number of likely N-dealkylation sites (tertiary alicyclic amines) is 1. The molecule has 3 heterocycles. The highest BCUT2D eigenvalue weighted by Gasteiger charge is 2.26. The Bertz CT molecular complexity index is 757. The summed E-state index contributed by atoms with van der Waals surface area (Å²) < 4.78 is 0. The number of aromatic amines is 1. The minimum atomic E-state index is -0.868. The Hall–Kier alpha value is -2.15. The van der Waals surface area contributed by atoms with Crippen LogP contribution >= 0.6 is 11.3 Å². The van der Waals surface area contributed by atoms with Gasteiger partial charge < -0.3 is 10.0 Å². The van der Waals surface area contributed by atoms with Crippen LogP contribution in [-0.2, 0) is 11.2 Å². The lowest BCUT2D eigenvalue weighted by molar-refractivity contribution is -0.136. The molecule has 0 aromatic carbocycles. The van der Waals surface area contributed by atoms with E-state index in [1.165, 1.54) is 4.88 Å². The van der Waals surface area contributed by atoms with Crippen molar-refractivity contribution >= 4 is 23.2 Å². The van der Waals surface area contributed by atoms with Gasteiger partial charge in [0.25, 0.3) is 5.91 Å². The van der Waals surface area contributed by atoms with Gasteiger partial charge >= 0.3 is 5.97 Å². The molecular formula is C18H23N3O3S. The molecule has 0 unspecified atom stereocenters. The molecule has 1 saturated heterocycles. The number of hydrogen-bond donors (Lipinski definition) is 2. The van der Waals surface area contributed by atoms with Crippen LogP contribution in [0.25, 0.3) is 0 Å². The Morgan fingerprint density at radius 2 is 2.08 bits per heavy atom. The first-order chi connectivity index (χ1) is 11.9. The normalized spacial score (nSPS) is 15.7. The zero-order valence-electron chi connectivity index (χ0n) is 14.5. The highest BCUT2D eigenvalue weighted by Crippen LogP contribution is 2.29. The lowest BCUT2D eigenvalue weighted by atomic mass is 9.93. The number of nitrogens with one attached hydrogen (secondary N) is 1. The molecule has 0 atom stereocenters. The van der Waals surface area contributed by atoms with Gasteiger partial charge in [0.1, 0.15) is 0 Å². The molecule has 134 valence electrons. The molecule has 2 aromatic rings. The molecular weight excluding hydrogens is 338 g/mol. The maximum absolute atomic E-state index is 12.6. The van der Waals surface area contributed by atoms with Gasteiger partial charge in [-0.25, -0.2) is 0 Å². The van der Waals surface area contributed by atoms with E-state index in [1.54, 1.807) is 11.3 Å². The van der Waals surface area contributed by atoms with Crippen molar-refractivity contribution < 1.29 is 14.7 Å². The van der Waals surface area contributed by atoms with E-state index in [0.29, 0.717) is 24.7 Å². The van der Waals surface area contributed by atoms with E-state index >= 15 is 0 Å². The quantitative estimate of drug-likeness (QED) is 0.856. The predicted octanol–water partition coefficient (Wildman–Crippen LogP) is 3.24. The van der Waals surface area contributed by atoms with Crippen molar-refractivity contribution in [1.29, 1.82) is 0 Å². The van der Waals surface area contributed by atoms with Gasteiger partial charge in [0.05, 0.1) is 17.7 Å². The van der Waals surface area contributed by atoms with E-state index in [9.17, 15) is 9.59 Å². The highest BCUT2D eigenvalue weighted by molar-refractivity contribution is 7.10. The molecule has 7 heteroatoms. The number of carboxylic acids is 1. The number of nitrogens with zero attached hydrogens (tertiary/aromatic N) is 2. The summed E-state index contributed by atoms with van der Waals surface area (Å²) in [5.41, 5.74) is 2.32. The van der Waals surface area contributed by atoms with E-state index in [2.05, 4.69) is 24.0 Å². The van der Waals surface area contributed by atoms with Crippen molar-refractivity contribution in [3.63, 3.8) is 0 Å². The Kier molecular flexibility index (Phi) is 5.22. The van der Waals surface area contributed by atoms with Crippen LogP contribution in [0.3, 0.4) is 0 Å². The van der Waals surface area contributed by atoms with Crippen molar-refractivity contribution in [3.05, 3.63) is 39.3 Å². The van der Waals surface area contributed by atoms with Gasteiger partial charge in [-0.2, -0.15) is 5.10 Å². The third kappa shape index (κ3) is 4.10. The van der Waals surface area contributed by atoms with Crippen LogP contribution in [0.1, 0.15) is 65.1 Å². The number of carbonyl (C=O) groups is 2. The minimum absolute atomic E-state index is 0.0410. The van der Waals surface area contributed by atoms with Crippen LogP contribution in [-0.4, -0.2) is 45.2 Å². The number of aromatic nitrogens is 2. The largest absolute Gasteiger partial charge is 0.481 e. The average molecular weight is 361 g/mol. The molecule has 0 saturated carbocycles. The van der Waals surface area contributed by atoms with Gasteiger partial charge in [-0.15, -0.1) is 11.3 Å². The molecule has 0 aliphatic carbocycles. The smallest absolute Gasteiger partial charge is 0.309 e. The van der Waals surface area contributed by atoms with Gasteiger partial charge in [0, 0.05) is 35.0 Å². The Balaban J connectivity index is 1.58. The van der Waals surface area contributed by atoms with Crippen LogP contribution in [0.2, 0.25) is 0 Å². The molecule has 6 nitrogen and oxygen atoms in total. The van der Waals surface area contributed by atoms with Crippen LogP contribution in [0.15, 0.2) is 17.5 Å². The number of rotatable bonds is 5. The summed E-state index contributed by atoms with van der Waals surface area (Å²) in [7, 11) is 0. The minimum Gasteiger partial charge on any atom is -0.481 e. The van der Waals surface area contributed by atoms with Gasteiger partial charge in [0.15, 0.2) is 0 Å². The Labute approximate surface area is 150 Å². The van der Waals surface area contributed by atoms with Gasteiger partial charge in [0.2, 0.25) is 0 Å². The maximum Gasteiger partial charge on any atom is 0.309 e. The van der Waals surface area contributed by atoms with Gasteiger partial charge in [-0.1, -0.05) is 13.8 Å². The summed E-state index contributed by atoms with van der Waals surface area (Å²) in [5.74, 6) is -0.0455. The van der Waals surface area contributed by atoms with Crippen LogP contribution in [0, 0.1) is 0 Å². The second-order valence-electron chi connectivity index (χ2n) is 6.85. The first-order valence-corrected chi connectivity index (χ1v) is 9.45. The Morgan fingerprint density at radius 1 is 1.36 bits per heavy atom. The number of H-pyrrole nitrogens is 1.